The molecule has 24 heavy (non-hydrogen) atoms. The maximum atomic E-state index is 6.07. The first-order valence-corrected chi connectivity index (χ1v) is 8.96. The summed E-state index contributed by atoms with van der Waals surface area (Å²) < 4.78 is 5.89. The van der Waals surface area contributed by atoms with Gasteiger partial charge in [0.25, 0.3) is 0 Å². The van der Waals surface area contributed by atoms with E-state index in [9.17, 15) is 0 Å². The number of aromatic nitrogens is 1. The van der Waals surface area contributed by atoms with Crippen molar-refractivity contribution >= 4 is 22.7 Å². The van der Waals surface area contributed by atoms with E-state index in [1.165, 1.54) is 31.4 Å². The number of benzene rings is 2. The van der Waals surface area contributed by atoms with Gasteiger partial charge in [0.2, 0.25) is 5.89 Å². The summed E-state index contributed by atoms with van der Waals surface area (Å²) >= 11 is 6.07. The maximum absolute atomic E-state index is 6.07. The molecule has 0 saturated carbocycles. The molecule has 124 valence electrons. The first-order valence-electron chi connectivity index (χ1n) is 8.58. The lowest BCUT2D eigenvalue weighted by atomic mass is 10.0. The van der Waals surface area contributed by atoms with Gasteiger partial charge in [-0.2, -0.15) is 0 Å². The molecule has 1 aliphatic heterocycles. The highest BCUT2D eigenvalue weighted by Crippen LogP contribution is 2.27. The number of likely N-dealkylation sites (tertiary alicyclic amines) is 1. The molecule has 3 nitrogen and oxygen atoms in total. The summed E-state index contributed by atoms with van der Waals surface area (Å²) in [4.78, 5) is 7.21. The first kappa shape index (κ1) is 15.7. The Kier molecular flexibility index (Phi) is 4.30. The van der Waals surface area contributed by atoms with Crippen molar-refractivity contribution in [3.63, 3.8) is 0 Å². The lowest BCUT2D eigenvalue weighted by molar-refractivity contribution is 0.152. The summed E-state index contributed by atoms with van der Waals surface area (Å²) in [5, 5.41) is 0.689. The van der Waals surface area contributed by atoms with E-state index < -0.39 is 0 Å². The Morgan fingerprint density at radius 3 is 2.96 bits per heavy atom. The predicted octanol–water partition coefficient (Wildman–Crippen LogP) is 5.52. The Morgan fingerprint density at radius 2 is 2.12 bits per heavy atom. The molecular formula is C20H21ClN2O. The highest BCUT2D eigenvalue weighted by atomic mass is 35.5. The third-order valence-corrected chi connectivity index (χ3v) is 5.08. The van der Waals surface area contributed by atoms with Crippen molar-refractivity contribution in [2.24, 2.45) is 0 Å². The van der Waals surface area contributed by atoms with Crippen LogP contribution in [-0.4, -0.2) is 22.5 Å². The van der Waals surface area contributed by atoms with Crippen LogP contribution in [0.4, 0.5) is 0 Å². The zero-order valence-electron chi connectivity index (χ0n) is 13.8. The molecule has 0 unspecified atom stereocenters. The van der Waals surface area contributed by atoms with Crippen LogP contribution in [0.5, 0.6) is 0 Å². The van der Waals surface area contributed by atoms with Gasteiger partial charge in [-0.25, -0.2) is 4.98 Å². The van der Waals surface area contributed by atoms with Crippen molar-refractivity contribution < 1.29 is 4.42 Å². The Labute approximate surface area is 147 Å². The summed E-state index contributed by atoms with van der Waals surface area (Å²) in [5.41, 5.74) is 3.93. The number of hydrogen-bond donors (Lipinski definition) is 0. The van der Waals surface area contributed by atoms with Gasteiger partial charge in [0, 0.05) is 23.2 Å². The van der Waals surface area contributed by atoms with Gasteiger partial charge in [-0.05, 0) is 62.2 Å². The number of oxazole rings is 1. The van der Waals surface area contributed by atoms with Gasteiger partial charge >= 0.3 is 0 Å². The Morgan fingerprint density at radius 1 is 1.21 bits per heavy atom. The molecule has 0 aliphatic carbocycles. The quantitative estimate of drug-likeness (QED) is 0.628. The minimum Gasteiger partial charge on any atom is -0.436 e. The summed E-state index contributed by atoms with van der Waals surface area (Å²) in [6.45, 7) is 4.49. The zero-order valence-corrected chi connectivity index (χ0v) is 14.6. The molecule has 0 N–H and O–H groups in total. The van der Waals surface area contributed by atoms with E-state index in [2.05, 4.69) is 28.9 Å². The molecule has 4 rings (SSSR count). The second-order valence-corrected chi connectivity index (χ2v) is 7.08. The van der Waals surface area contributed by atoms with Crippen molar-refractivity contribution in [3.05, 3.63) is 53.1 Å². The molecule has 0 radical (unpaired) electrons. The van der Waals surface area contributed by atoms with Crippen LogP contribution in [0.25, 0.3) is 22.6 Å². The SMILES string of the molecule is C[C@@H]1CCCCN1Cc1ccc2oc(-c3cccc(Cl)c3)nc2c1. The molecule has 3 aromatic rings. The fourth-order valence-electron chi connectivity index (χ4n) is 3.44. The Bertz CT molecular complexity index is 858. The highest BCUT2D eigenvalue weighted by Gasteiger charge is 2.18. The van der Waals surface area contributed by atoms with Gasteiger partial charge in [-0.3, -0.25) is 4.90 Å². The summed E-state index contributed by atoms with van der Waals surface area (Å²) in [7, 11) is 0. The molecule has 4 heteroatoms. The van der Waals surface area contributed by atoms with Crippen LogP contribution in [-0.2, 0) is 6.54 Å². The molecule has 1 aliphatic rings. The Balaban J connectivity index is 1.61. The van der Waals surface area contributed by atoms with Crippen LogP contribution in [0.1, 0.15) is 31.7 Å². The number of piperidine rings is 1. The van der Waals surface area contributed by atoms with Crippen LogP contribution in [0.3, 0.4) is 0 Å². The lowest BCUT2D eigenvalue weighted by Crippen LogP contribution is -2.36. The zero-order chi connectivity index (χ0) is 16.5. The smallest absolute Gasteiger partial charge is 0.227 e. The molecule has 0 amide bonds. The van der Waals surface area contributed by atoms with E-state index in [0.29, 0.717) is 17.0 Å². The van der Waals surface area contributed by atoms with Crippen molar-refractivity contribution in [1.29, 1.82) is 0 Å². The average molecular weight is 341 g/mol. The Hall–Kier alpha value is -1.84. The number of rotatable bonds is 3. The van der Waals surface area contributed by atoms with Crippen LogP contribution in [0.15, 0.2) is 46.9 Å². The maximum Gasteiger partial charge on any atom is 0.227 e. The number of fused-ring (bicyclic) bond motifs is 1. The minimum atomic E-state index is 0.621. The van der Waals surface area contributed by atoms with Crippen molar-refractivity contribution in [3.8, 4) is 11.5 Å². The van der Waals surface area contributed by atoms with E-state index in [1.54, 1.807) is 0 Å². The van der Waals surface area contributed by atoms with E-state index in [4.69, 9.17) is 16.0 Å². The van der Waals surface area contributed by atoms with Crippen molar-refractivity contribution in [1.82, 2.24) is 9.88 Å². The van der Waals surface area contributed by atoms with E-state index in [0.717, 1.165) is 23.2 Å². The van der Waals surface area contributed by atoms with Crippen molar-refractivity contribution in [2.45, 2.75) is 38.8 Å². The standard InChI is InChI=1S/C20H21ClN2O/c1-14-5-2-3-10-23(14)13-15-8-9-19-18(11-15)22-20(24-19)16-6-4-7-17(21)12-16/h4,6-9,11-12,14H,2-3,5,10,13H2,1H3/t14-/m1/s1. The van der Waals surface area contributed by atoms with Crippen molar-refractivity contribution in [2.75, 3.05) is 6.54 Å². The van der Waals surface area contributed by atoms with Crippen LogP contribution in [0.2, 0.25) is 5.02 Å². The normalized spacial score (nSPS) is 19.0. The second kappa shape index (κ2) is 6.58. The fourth-order valence-corrected chi connectivity index (χ4v) is 3.63. The van der Waals surface area contributed by atoms with Crippen LogP contribution in [0, 0.1) is 0 Å². The number of hydrogen-bond acceptors (Lipinski definition) is 3. The molecule has 1 fully saturated rings. The number of halogens is 1. The molecule has 1 saturated heterocycles. The van der Waals surface area contributed by atoms with Crippen LogP contribution < -0.4 is 0 Å². The molecule has 2 aromatic carbocycles. The second-order valence-electron chi connectivity index (χ2n) is 6.65. The minimum absolute atomic E-state index is 0.621. The third kappa shape index (κ3) is 3.19. The predicted molar refractivity (Wildman–Crippen MR) is 98.2 cm³/mol. The topological polar surface area (TPSA) is 29.3 Å². The average Bonchev–Trinajstić information content (AvgIpc) is 3.00. The van der Waals surface area contributed by atoms with Crippen LogP contribution >= 0.6 is 11.6 Å². The highest BCUT2D eigenvalue weighted by molar-refractivity contribution is 6.30. The van der Waals surface area contributed by atoms with Gasteiger partial charge < -0.3 is 4.42 Å². The summed E-state index contributed by atoms with van der Waals surface area (Å²) in [6.07, 6.45) is 3.95. The van der Waals surface area contributed by atoms with Gasteiger partial charge in [-0.1, -0.05) is 30.2 Å². The first-order chi connectivity index (χ1) is 11.7. The summed E-state index contributed by atoms with van der Waals surface area (Å²) in [6, 6.07) is 14.6. The van der Waals surface area contributed by atoms with Gasteiger partial charge in [0.1, 0.15) is 5.52 Å². The summed E-state index contributed by atoms with van der Waals surface area (Å²) in [5.74, 6) is 0.621. The molecule has 2 heterocycles. The van der Waals surface area contributed by atoms with E-state index in [-0.39, 0.29) is 0 Å². The molecule has 0 bridgehead atoms. The third-order valence-electron chi connectivity index (χ3n) is 4.85. The molecular weight excluding hydrogens is 320 g/mol. The molecule has 1 aromatic heterocycles. The largest absolute Gasteiger partial charge is 0.436 e. The van der Waals surface area contributed by atoms with Gasteiger partial charge in [0.05, 0.1) is 0 Å². The molecule has 1 atom stereocenters. The molecule has 0 spiro atoms. The monoisotopic (exact) mass is 340 g/mol. The number of nitrogens with zero attached hydrogens (tertiary/aromatic N) is 2. The lowest BCUT2D eigenvalue weighted by Gasteiger charge is -2.33. The van der Waals surface area contributed by atoms with E-state index in [1.807, 2.05) is 30.3 Å². The van der Waals surface area contributed by atoms with Gasteiger partial charge in [-0.15, -0.1) is 0 Å². The fraction of sp³-hybridized carbons (Fsp3) is 0.350. The van der Waals surface area contributed by atoms with Gasteiger partial charge in [0.15, 0.2) is 5.58 Å². The van der Waals surface area contributed by atoms with E-state index >= 15 is 0 Å².